The van der Waals surface area contributed by atoms with Gasteiger partial charge in [0.25, 0.3) is 0 Å². The summed E-state index contributed by atoms with van der Waals surface area (Å²) in [6.07, 6.45) is 5.38. The number of ether oxygens (including phenoxy) is 2. The number of carbonyl (C=O) groups is 2. The van der Waals surface area contributed by atoms with Crippen molar-refractivity contribution in [2.24, 2.45) is 46.3 Å². The first-order valence-electron chi connectivity index (χ1n) is 13.8. The van der Waals surface area contributed by atoms with Gasteiger partial charge in [0.15, 0.2) is 0 Å². The number of hydrogen-bond donors (Lipinski definition) is 2. The zero-order chi connectivity index (χ0) is 25.7. The second-order valence-corrected chi connectivity index (χ2v) is 13.5. The Balaban J connectivity index is 1.66. The van der Waals surface area contributed by atoms with E-state index in [1.54, 1.807) is 0 Å². The van der Waals surface area contributed by atoms with Crippen molar-refractivity contribution in [2.75, 3.05) is 6.61 Å². The van der Waals surface area contributed by atoms with E-state index in [2.05, 4.69) is 36.7 Å². The SMILES string of the molecule is CCOC(=O)CC[C@H](C)[C@H]1CC[C@H]2[C@H]3[C@H](O)[C@H](Br)[C@@H]4C[C@H](O)CC[C@]4(C)[C@@H]3C[C@H](OC(C)=O)[C@]12C. The van der Waals surface area contributed by atoms with E-state index in [1.807, 2.05) is 6.92 Å². The van der Waals surface area contributed by atoms with E-state index in [0.717, 1.165) is 38.5 Å². The molecule has 0 bridgehead atoms. The third kappa shape index (κ3) is 4.60. The molecule has 4 aliphatic carbocycles. The lowest BCUT2D eigenvalue weighted by Gasteiger charge is -2.65. The Morgan fingerprint density at radius 1 is 1.09 bits per heavy atom. The van der Waals surface area contributed by atoms with E-state index in [1.165, 1.54) is 6.92 Å². The van der Waals surface area contributed by atoms with Crippen LogP contribution in [0.5, 0.6) is 0 Å². The van der Waals surface area contributed by atoms with Gasteiger partial charge in [-0.05, 0) is 92.8 Å². The van der Waals surface area contributed by atoms with Gasteiger partial charge in [0.2, 0.25) is 0 Å². The van der Waals surface area contributed by atoms with Crippen LogP contribution in [0.1, 0.15) is 86.0 Å². The van der Waals surface area contributed by atoms with Crippen LogP contribution in [0.4, 0.5) is 0 Å². The highest BCUT2D eigenvalue weighted by Gasteiger charge is 2.68. The summed E-state index contributed by atoms with van der Waals surface area (Å²) in [5.74, 6) is 1.04. The molecule has 0 heterocycles. The van der Waals surface area contributed by atoms with Crippen molar-refractivity contribution in [2.45, 2.75) is 109 Å². The average molecular weight is 558 g/mol. The molecule has 0 spiro atoms. The number of carbonyl (C=O) groups excluding carboxylic acids is 2. The molecule has 4 aliphatic rings. The van der Waals surface area contributed by atoms with Gasteiger partial charge < -0.3 is 19.7 Å². The molecule has 4 rings (SSSR count). The minimum atomic E-state index is -0.487. The third-order valence-electron chi connectivity index (χ3n) is 10.9. The van der Waals surface area contributed by atoms with Crippen LogP contribution in [-0.4, -0.2) is 51.9 Å². The molecule has 0 amide bonds. The number of alkyl halides is 1. The Morgan fingerprint density at radius 3 is 2.46 bits per heavy atom. The molecule has 2 N–H and O–H groups in total. The van der Waals surface area contributed by atoms with E-state index in [-0.39, 0.29) is 69.4 Å². The fourth-order valence-electron chi connectivity index (χ4n) is 9.25. The van der Waals surface area contributed by atoms with Crippen LogP contribution in [0.15, 0.2) is 0 Å². The number of rotatable bonds is 6. The van der Waals surface area contributed by atoms with Crippen molar-refractivity contribution in [1.82, 2.24) is 0 Å². The van der Waals surface area contributed by atoms with Crippen molar-refractivity contribution in [3.05, 3.63) is 0 Å². The van der Waals surface area contributed by atoms with Gasteiger partial charge in [-0.2, -0.15) is 0 Å². The van der Waals surface area contributed by atoms with E-state index in [9.17, 15) is 19.8 Å². The molecule has 0 aromatic carbocycles. The molecule has 4 saturated carbocycles. The average Bonchev–Trinajstić information content (AvgIpc) is 3.15. The molecule has 0 aromatic rings. The van der Waals surface area contributed by atoms with Crippen molar-refractivity contribution >= 4 is 27.9 Å². The molecule has 0 unspecified atom stereocenters. The van der Waals surface area contributed by atoms with Crippen LogP contribution in [-0.2, 0) is 19.1 Å². The van der Waals surface area contributed by atoms with Crippen molar-refractivity contribution < 1.29 is 29.3 Å². The highest BCUT2D eigenvalue weighted by atomic mass is 79.9. The van der Waals surface area contributed by atoms with Gasteiger partial charge in [0.1, 0.15) is 6.10 Å². The maximum Gasteiger partial charge on any atom is 0.305 e. The van der Waals surface area contributed by atoms with E-state index < -0.39 is 6.10 Å². The molecule has 200 valence electrons. The molecule has 0 aliphatic heterocycles. The maximum atomic E-state index is 12.3. The van der Waals surface area contributed by atoms with Gasteiger partial charge in [0.05, 0.1) is 18.8 Å². The number of esters is 2. The van der Waals surface area contributed by atoms with Crippen LogP contribution >= 0.6 is 15.9 Å². The van der Waals surface area contributed by atoms with Gasteiger partial charge in [-0.3, -0.25) is 9.59 Å². The van der Waals surface area contributed by atoms with E-state index in [4.69, 9.17) is 9.47 Å². The number of hydrogen-bond acceptors (Lipinski definition) is 6. The van der Waals surface area contributed by atoms with Crippen LogP contribution in [0.2, 0.25) is 0 Å². The minimum absolute atomic E-state index is 0.00929. The standard InChI is InChI=1S/C28H45BrO6/c1-6-34-23(32)10-7-15(2)18-8-9-19-24-20(14-22(28(18,19)5)35-16(3)30)27(4)12-11-17(31)13-21(27)25(29)26(24)33/h15,17-22,24-26,31,33H,6-14H2,1-5H3/t15-,17+,18+,19-,20+,21-,22-,24+,25+,26-,27+,28+/m0/s1. The lowest BCUT2D eigenvalue weighted by molar-refractivity contribution is -0.214. The molecular formula is C28H45BrO6. The first kappa shape index (κ1) is 27.4. The Bertz CT molecular complexity index is 804. The molecule has 7 heteroatoms. The molecule has 0 aromatic heterocycles. The molecule has 6 nitrogen and oxygen atoms in total. The summed E-state index contributed by atoms with van der Waals surface area (Å²) in [5.41, 5.74) is -0.253. The summed E-state index contributed by atoms with van der Waals surface area (Å²) in [6.45, 7) is 10.6. The number of fused-ring (bicyclic) bond motifs is 5. The molecule has 35 heavy (non-hydrogen) atoms. The quantitative estimate of drug-likeness (QED) is 0.358. The van der Waals surface area contributed by atoms with Gasteiger partial charge >= 0.3 is 11.9 Å². The van der Waals surface area contributed by atoms with Crippen LogP contribution in [0.3, 0.4) is 0 Å². The highest BCUT2D eigenvalue weighted by Crippen LogP contribution is 2.69. The summed E-state index contributed by atoms with van der Waals surface area (Å²) in [7, 11) is 0. The molecule has 12 atom stereocenters. The minimum Gasteiger partial charge on any atom is -0.466 e. The monoisotopic (exact) mass is 556 g/mol. The topological polar surface area (TPSA) is 93.1 Å². The van der Waals surface area contributed by atoms with E-state index in [0.29, 0.717) is 25.4 Å². The molecule has 4 fully saturated rings. The zero-order valence-corrected chi connectivity index (χ0v) is 23.6. The third-order valence-corrected chi connectivity index (χ3v) is 12.1. The number of halogens is 1. The summed E-state index contributed by atoms with van der Waals surface area (Å²) in [6, 6.07) is 0. The van der Waals surface area contributed by atoms with Gasteiger partial charge in [0, 0.05) is 23.6 Å². The smallest absolute Gasteiger partial charge is 0.305 e. The fourth-order valence-corrected chi connectivity index (χ4v) is 10.4. The van der Waals surface area contributed by atoms with Gasteiger partial charge in [-0.1, -0.05) is 36.7 Å². The lowest BCUT2D eigenvalue weighted by atomic mass is 9.43. The zero-order valence-electron chi connectivity index (χ0n) is 22.0. The van der Waals surface area contributed by atoms with Gasteiger partial charge in [-0.25, -0.2) is 0 Å². The summed E-state index contributed by atoms with van der Waals surface area (Å²) in [5, 5.41) is 22.1. The second kappa shape index (κ2) is 10.2. The fraction of sp³-hybridized carbons (Fsp3) is 0.929. The summed E-state index contributed by atoms with van der Waals surface area (Å²) >= 11 is 3.89. The Hall–Kier alpha value is -0.660. The molecular weight excluding hydrogens is 512 g/mol. The van der Waals surface area contributed by atoms with Crippen molar-refractivity contribution in [3.8, 4) is 0 Å². The van der Waals surface area contributed by atoms with Gasteiger partial charge in [-0.15, -0.1) is 0 Å². The lowest BCUT2D eigenvalue weighted by Crippen LogP contribution is -2.66. The first-order chi connectivity index (χ1) is 16.4. The van der Waals surface area contributed by atoms with Crippen molar-refractivity contribution in [3.63, 3.8) is 0 Å². The molecule has 0 saturated heterocycles. The number of aliphatic hydroxyl groups excluding tert-OH is 2. The number of aliphatic hydroxyl groups is 2. The molecule has 0 radical (unpaired) electrons. The van der Waals surface area contributed by atoms with Crippen molar-refractivity contribution in [1.29, 1.82) is 0 Å². The van der Waals surface area contributed by atoms with Crippen LogP contribution < -0.4 is 0 Å². The summed E-state index contributed by atoms with van der Waals surface area (Å²) in [4.78, 5) is 24.3. The Morgan fingerprint density at radius 2 is 1.80 bits per heavy atom. The second-order valence-electron chi connectivity index (χ2n) is 12.5. The Kier molecular flexibility index (Phi) is 8.01. The Labute approximate surface area is 219 Å². The van der Waals surface area contributed by atoms with Crippen LogP contribution in [0, 0.1) is 46.3 Å². The highest BCUT2D eigenvalue weighted by molar-refractivity contribution is 9.09. The largest absolute Gasteiger partial charge is 0.466 e. The predicted octanol–water partition coefficient (Wildman–Crippen LogP) is 4.87. The van der Waals surface area contributed by atoms with E-state index >= 15 is 0 Å². The van der Waals surface area contributed by atoms with Crippen LogP contribution in [0.25, 0.3) is 0 Å². The first-order valence-corrected chi connectivity index (χ1v) is 14.7. The normalized spacial score (nSPS) is 47.7. The maximum absolute atomic E-state index is 12.3. The summed E-state index contributed by atoms with van der Waals surface area (Å²) < 4.78 is 11.3. The predicted molar refractivity (Wildman–Crippen MR) is 137 cm³/mol.